The van der Waals surface area contributed by atoms with Crippen molar-refractivity contribution in [3.63, 3.8) is 0 Å². The molecule has 3 heteroatoms. The molecule has 2 atom stereocenters. The molecule has 2 unspecified atom stereocenters. The quantitative estimate of drug-likeness (QED) is 0.175. The summed E-state index contributed by atoms with van der Waals surface area (Å²) in [6, 6.07) is 18.0. The summed E-state index contributed by atoms with van der Waals surface area (Å²) < 4.78 is 19.4. The Bertz CT molecular complexity index is 1120. The molecule has 0 heterocycles. The van der Waals surface area contributed by atoms with Crippen LogP contribution in [-0.2, 0) is 4.74 Å². The number of benzene rings is 2. The monoisotopic (exact) mass is 699 g/mol. The first-order valence-corrected chi connectivity index (χ1v) is 22.2. The van der Waals surface area contributed by atoms with Gasteiger partial charge >= 0.3 is 0 Å². The van der Waals surface area contributed by atoms with E-state index in [2.05, 4.69) is 76.2 Å². The lowest BCUT2D eigenvalue weighted by atomic mass is 9.67. The minimum atomic E-state index is 0.116. The van der Waals surface area contributed by atoms with Crippen LogP contribution in [0.1, 0.15) is 179 Å². The minimum absolute atomic E-state index is 0.116. The van der Waals surface area contributed by atoms with Gasteiger partial charge < -0.3 is 14.2 Å². The maximum absolute atomic E-state index is 7.66. The molecule has 2 aromatic carbocycles. The molecule has 4 saturated carbocycles. The predicted octanol–water partition coefficient (Wildman–Crippen LogP) is 14.1. The van der Waals surface area contributed by atoms with Crippen molar-refractivity contribution in [1.29, 1.82) is 0 Å². The van der Waals surface area contributed by atoms with Crippen molar-refractivity contribution < 1.29 is 14.2 Å². The van der Waals surface area contributed by atoms with E-state index in [0.29, 0.717) is 25.0 Å². The van der Waals surface area contributed by atoms with Crippen LogP contribution < -0.4 is 9.47 Å². The van der Waals surface area contributed by atoms with Gasteiger partial charge in [-0.1, -0.05) is 89.5 Å². The van der Waals surface area contributed by atoms with Gasteiger partial charge in [0.25, 0.3) is 0 Å². The van der Waals surface area contributed by atoms with E-state index in [9.17, 15) is 0 Å². The largest absolute Gasteiger partial charge is 0.494 e. The molecule has 4 aliphatic rings. The molecule has 284 valence electrons. The Hall–Kier alpha value is -2.00. The molecule has 0 saturated heterocycles. The third kappa shape index (κ3) is 10.6. The van der Waals surface area contributed by atoms with Crippen LogP contribution in [0.25, 0.3) is 0 Å². The lowest BCUT2D eigenvalue weighted by Crippen LogP contribution is -2.31. The SMILES string of the molecule is CCCC1CCC(C2CCC(C(OC(c3ccc(OCC)cc3)C3CCC(C4CCC(CCC)CC4)CC3)c3ccc(OCC)cc3)CC2)CC1. The molecule has 6 rings (SSSR count). The van der Waals surface area contributed by atoms with E-state index in [4.69, 9.17) is 14.2 Å². The highest BCUT2D eigenvalue weighted by Crippen LogP contribution is 2.50. The summed E-state index contributed by atoms with van der Waals surface area (Å²) >= 11 is 0. The van der Waals surface area contributed by atoms with Crippen LogP contribution >= 0.6 is 0 Å². The second-order valence-corrected chi connectivity index (χ2v) is 17.5. The molecular formula is C48H74O3. The van der Waals surface area contributed by atoms with Crippen LogP contribution in [0.5, 0.6) is 11.5 Å². The Morgan fingerprint density at radius 3 is 1.04 bits per heavy atom. The van der Waals surface area contributed by atoms with Gasteiger partial charge in [0.2, 0.25) is 0 Å². The van der Waals surface area contributed by atoms with Crippen LogP contribution in [-0.4, -0.2) is 13.2 Å². The molecule has 0 N–H and O–H groups in total. The third-order valence-electron chi connectivity index (χ3n) is 14.3. The Kier molecular flexibility index (Phi) is 15.1. The molecule has 0 bridgehead atoms. The average molecular weight is 699 g/mol. The van der Waals surface area contributed by atoms with Gasteiger partial charge in [-0.15, -0.1) is 0 Å². The van der Waals surface area contributed by atoms with E-state index in [1.54, 1.807) is 0 Å². The number of hydrogen-bond acceptors (Lipinski definition) is 3. The molecular weight excluding hydrogens is 625 g/mol. The Morgan fingerprint density at radius 2 is 0.745 bits per heavy atom. The minimum Gasteiger partial charge on any atom is -0.494 e. The summed E-state index contributed by atoms with van der Waals surface area (Å²) in [4.78, 5) is 0. The van der Waals surface area contributed by atoms with Crippen molar-refractivity contribution in [3.05, 3.63) is 59.7 Å². The van der Waals surface area contributed by atoms with Gasteiger partial charge in [0, 0.05) is 0 Å². The molecule has 4 aliphatic carbocycles. The fourth-order valence-electron chi connectivity index (χ4n) is 11.5. The average Bonchev–Trinajstić information content (AvgIpc) is 3.18. The lowest BCUT2D eigenvalue weighted by Gasteiger charge is -2.43. The van der Waals surface area contributed by atoms with Gasteiger partial charge in [-0.2, -0.15) is 0 Å². The summed E-state index contributed by atoms with van der Waals surface area (Å²) in [6.45, 7) is 10.3. The molecule has 51 heavy (non-hydrogen) atoms. The van der Waals surface area contributed by atoms with E-state index in [0.717, 1.165) is 47.0 Å². The summed E-state index contributed by atoms with van der Waals surface area (Å²) in [5.74, 6) is 8.80. The van der Waals surface area contributed by atoms with Crippen molar-refractivity contribution in [1.82, 2.24) is 0 Å². The van der Waals surface area contributed by atoms with Crippen LogP contribution in [0.2, 0.25) is 0 Å². The topological polar surface area (TPSA) is 27.7 Å². The second kappa shape index (κ2) is 19.9. The Labute approximate surface area is 313 Å². The second-order valence-electron chi connectivity index (χ2n) is 17.5. The van der Waals surface area contributed by atoms with E-state index in [1.165, 1.54) is 140 Å². The molecule has 2 aromatic rings. The van der Waals surface area contributed by atoms with Crippen LogP contribution in [0.3, 0.4) is 0 Å². The molecule has 0 amide bonds. The smallest absolute Gasteiger partial charge is 0.119 e. The van der Waals surface area contributed by atoms with Gasteiger partial charge in [0.15, 0.2) is 0 Å². The van der Waals surface area contributed by atoms with Crippen molar-refractivity contribution in [2.24, 2.45) is 47.3 Å². The van der Waals surface area contributed by atoms with Gasteiger partial charge in [0.1, 0.15) is 11.5 Å². The summed E-state index contributed by atoms with van der Waals surface area (Å²) in [6.07, 6.45) is 28.3. The van der Waals surface area contributed by atoms with E-state index >= 15 is 0 Å². The van der Waals surface area contributed by atoms with Crippen molar-refractivity contribution in [2.45, 2.75) is 168 Å². The summed E-state index contributed by atoms with van der Waals surface area (Å²) in [5.41, 5.74) is 2.69. The zero-order chi connectivity index (χ0) is 35.4. The first-order valence-electron chi connectivity index (χ1n) is 22.2. The Balaban J connectivity index is 1.17. The molecule has 0 aliphatic heterocycles. The normalized spacial score (nSPS) is 31.5. The first-order chi connectivity index (χ1) is 25.1. The number of hydrogen-bond donors (Lipinski definition) is 0. The van der Waals surface area contributed by atoms with Crippen molar-refractivity contribution >= 4 is 0 Å². The third-order valence-corrected chi connectivity index (χ3v) is 14.3. The van der Waals surface area contributed by atoms with Gasteiger partial charge in [-0.05, 0) is 174 Å². The zero-order valence-electron chi connectivity index (χ0n) is 33.2. The standard InChI is InChI=1S/C48H74O3/c1-5-9-35-11-15-37(16-12-35)39-19-23-41(24-20-39)47(43-27-31-45(32-28-43)49-7-3)51-48(44-29-33-46(34-30-44)50-8-4)42-25-21-40(22-26-42)38-17-13-36(10-6-2)14-18-38/h27-42,47-48H,5-26H2,1-4H3. The fraction of sp³-hybridized carbons (Fsp3) is 0.750. The van der Waals surface area contributed by atoms with Gasteiger partial charge in [-0.3, -0.25) is 0 Å². The maximum Gasteiger partial charge on any atom is 0.119 e. The maximum atomic E-state index is 7.66. The molecule has 4 fully saturated rings. The summed E-state index contributed by atoms with van der Waals surface area (Å²) in [7, 11) is 0. The first kappa shape index (κ1) is 38.7. The molecule has 3 nitrogen and oxygen atoms in total. The van der Waals surface area contributed by atoms with Crippen LogP contribution in [0.4, 0.5) is 0 Å². The highest BCUT2D eigenvalue weighted by molar-refractivity contribution is 5.31. The fourth-order valence-corrected chi connectivity index (χ4v) is 11.5. The molecule has 0 aromatic heterocycles. The van der Waals surface area contributed by atoms with Crippen LogP contribution in [0.15, 0.2) is 48.5 Å². The lowest BCUT2D eigenvalue weighted by molar-refractivity contribution is -0.0935. The van der Waals surface area contributed by atoms with Crippen molar-refractivity contribution in [2.75, 3.05) is 13.2 Å². The van der Waals surface area contributed by atoms with Crippen LogP contribution in [0, 0.1) is 47.3 Å². The zero-order valence-corrected chi connectivity index (χ0v) is 33.2. The van der Waals surface area contributed by atoms with E-state index < -0.39 is 0 Å². The highest BCUT2D eigenvalue weighted by Gasteiger charge is 2.39. The van der Waals surface area contributed by atoms with Gasteiger partial charge in [-0.25, -0.2) is 0 Å². The van der Waals surface area contributed by atoms with Crippen molar-refractivity contribution in [3.8, 4) is 11.5 Å². The predicted molar refractivity (Wildman–Crippen MR) is 213 cm³/mol. The Morgan fingerprint density at radius 1 is 0.431 bits per heavy atom. The number of rotatable bonds is 16. The molecule has 0 radical (unpaired) electrons. The van der Waals surface area contributed by atoms with Gasteiger partial charge in [0.05, 0.1) is 25.4 Å². The summed E-state index contributed by atoms with van der Waals surface area (Å²) in [5, 5.41) is 0. The number of ether oxygens (including phenoxy) is 3. The van der Waals surface area contributed by atoms with E-state index in [1.807, 2.05) is 0 Å². The van der Waals surface area contributed by atoms with E-state index in [-0.39, 0.29) is 12.2 Å². The molecule has 0 spiro atoms. The highest BCUT2D eigenvalue weighted by atomic mass is 16.5.